The zero-order valence-corrected chi connectivity index (χ0v) is 9.88. The molecule has 0 aliphatic carbocycles. The molecule has 0 aromatic carbocycles. The summed E-state index contributed by atoms with van der Waals surface area (Å²) in [5.41, 5.74) is 4.00. The number of fused-ring (bicyclic) bond motifs is 1. The molecule has 0 saturated heterocycles. The third kappa shape index (κ3) is 2.15. The van der Waals surface area contributed by atoms with Gasteiger partial charge in [-0.25, -0.2) is 0 Å². The quantitative estimate of drug-likeness (QED) is 0.759. The van der Waals surface area contributed by atoms with Crippen LogP contribution >= 0.6 is 0 Å². The van der Waals surface area contributed by atoms with E-state index < -0.39 is 0 Å². The minimum Gasteiger partial charge on any atom is -0.383 e. The number of nitrogens with zero attached hydrogens (tertiary/aromatic N) is 2. The van der Waals surface area contributed by atoms with Crippen LogP contribution in [0.2, 0.25) is 0 Å². The van der Waals surface area contributed by atoms with Gasteiger partial charge in [-0.05, 0) is 19.4 Å². The standard InChI is InChI=1S/C12H18N4/c1-3-4-5-7-13-10-6-8-14-11-9(2)15-16-12(10)11/h6,8H,3-5,7H2,1-2H3,(H,13,14)(H,15,16). The monoisotopic (exact) mass is 218 g/mol. The summed E-state index contributed by atoms with van der Waals surface area (Å²) >= 11 is 0. The third-order valence-corrected chi connectivity index (χ3v) is 2.71. The first-order chi connectivity index (χ1) is 7.83. The van der Waals surface area contributed by atoms with Crippen LogP contribution in [-0.2, 0) is 0 Å². The van der Waals surface area contributed by atoms with Crippen LogP contribution in [0, 0.1) is 6.92 Å². The maximum atomic E-state index is 4.31. The van der Waals surface area contributed by atoms with Gasteiger partial charge in [0, 0.05) is 12.7 Å². The Morgan fingerprint density at radius 1 is 1.31 bits per heavy atom. The van der Waals surface area contributed by atoms with E-state index in [0.717, 1.165) is 29.0 Å². The molecule has 16 heavy (non-hydrogen) atoms. The average molecular weight is 218 g/mol. The molecule has 4 heteroatoms. The molecule has 0 unspecified atom stereocenters. The average Bonchev–Trinajstić information content (AvgIpc) is 2.68. The Morgan fingerprint density at radius 3 is 3.00 bits per heavy atom. The molecule has 0 radical (unpaired) electrons. The smallest absolute Gasteiger partial charge is 0.134 e. The van der Waals surface area contributed by atoms with E-state index in [1.165, 1.54) is 19.3 Å². The highest BCUT2D eigenvalue weighted by Crippen LogP contribution is 2.20. The first-order valence-electron chi connectivity index (χ1n) is 5.86. The number of hydrogen-bond acceptors (Lipinski definition) is 3. The van der Waals surface area contributed by atoms with Gasteiger partial charge in [-0.3, -0.25) is 10.1 Å². The molecular weight excluding hydrogens is 200 g/mol. The van der Waals surface area contributed by atoms with E-state index in [9.17, 15) is 0 Å². The van der Waals surface area contributed by atoms with Crippen LogP contribution in [0.4, 0.5) is 5.69 Å². The van der Waals surface area contributed by atoms with Crippen LogP contribution in [0.25, 0.3) is 11.0 Å². The van der Waals surface area contributed by atoms with Crippen molar-refractivity contribution in [3.63, 3.8) is 0 Å². The van der Waals surface area contributed by atoms with E-state index in [1.54, 1.807) is 0 Å². The van der Waals surface area contributed by atoms with E-state index in [0.29, 0.717) is 0 Å². The van der Waals surface area contributed by atoms with Crippen molar-refractivity contribution in [3.05, 3.63) is 18.0 Å². The molecule has 0 spiro atoms. The topological polar surface area (TPSA) is 53.6 Å². The summed E-state index contributed by atoms with van der Waals surface area (Å²) < 4.78 is 0. The van der Waals surface area contributed by atoms with Gasteiger partial charge < -0.3 is 5.32 Å². The number of pyridine rings is 1. The van der Waals surface area contributed by atoms with Crippen molar-refractivity contribution in [2.75, 3.05) is 11.9 Å². The molecule has 0 atom stereocenters. The van der Waals surface area contributed by atoms with Crippen molar-refractivity contribution in [1.29, 1.82) is 0 Å². The second kappa shape index (κ2) is 4.96. The molecule has 86 valence electrons. The van der Waals surface area contributed by atoms with E-state index in [-0.39, 0.29) is 0 Å². The zero-order valence-electron chi connectivity index (χ0n) is 9.88. The van der Waals surface area contributed by atoms with Crippen molar-refractivity contribution in [2.24, 2.45) is 0 Å². The zero-order chi connectivity index (χ0) is 11.4. The largest absolute Gasteiger partial charge is 0.383 e. The van der Waals surface area contributed by atoms with Crippen molar-refractivity contribution in [2.45, 2.75) is 33.1 Å². The maximum absolute atomic E-state index is 4.31. The highest BCUT2D eigenvalue weighted by atomic mass is 15.1. The van der Waals surface area contributed by atoms with Crippen molar-refractivity contribution >= 4 is 16.7 Å². The lowest BCUT2D eigenvalue weighted by Crippen LogP contribution is -2.02. The lowest BCUT2D eigenvalue weighted by Gasteiger charge is -2.05. The number of aryl methyl sites for hydroxylation is 1. The summed E-state index contributed by atoms with van der Waals surface area (Å²) in [5, 5.41) is 10.6. The molecule has 2 rings (SSSR count). The number of unbranched alkanes of at least 4 members (excludes halogenated alkanes) is 2. The van der Waals surface area contributed by atoms with E-state index in [2.05, 4.69) is 27.4 Å². The van der Waals surface area contributed by atoms with Crippen LogP contribution in [0.1, 0.15) is 31.9 Å². The molecule has 0 amide bonds. The van der Waals surface area contributed by atoms with Gasteiger partial charge in [-0.2, -0.15) is 5.10 Å². The fraction of sp³-hybridized carbons (Fsp3) is 0.500. The molecule has 0 bridgehead atoms. The minimum atomic E-state index is 0.941. The number of nitrogens with one attached hydrogen (secondary N) is 2. The van der Waals surface area contributed by atoms with Gasteiger partial charge in [0.1, 0.15) is 11.0 Å². The second-order valence-electron chi connectivity index (χ2n) is 4.04. The summed E-state index contributed by atoms with van der Waals surface area (Å²) in [6.07, 6.45) is 5.53. The molecule has 0 saturated carbocycles. The number of H-pyrrole nitrogens is 1. The SMILES string of the molecule is CCCCCNc1ccnc2c(C)[nH]nc12. The van der Waals surface area contributed by atoms with Gasteiger partial charge in [0.2, 0.25) is 0 Å². The number of anilines is 1. The fourth-order valence-corrected chi connectivity index (χ4v) is 1.77. The van der Waals surface area contributed by atoms with Gasteiger partial charge >= 0.3 is 0 Å². The first-order valence-corrected chi connectivity index (χ1v) is 5.86. The minimum absolute atomic E-state index is 0.941. The first kappa shape index (κ1) is 10.9. The van der Waals surface area contributed by atoms with Gasteiger partial charge in [0.25, 0.3) is 0 Å². The Bertz CT molecular complexity index is 461. The summed E-state index contributed by atoms with van der Waals surface area (Å²) in [6, 6.07) is 1.98. The van der Waals surface area contributed by atoms with Crippen LogP contribution in [0.3, 0.4) is 0 Å². The van der Waals surface area contributed by atoms with E-state index >= 15 is 0 Å². The summed E-state index contributed by atoms with van der Waals surface area (Å²) in [6.45, 7) is 5.20. The van der Waals surface area contributed by atoms with Crippen LogP contribution in [0.15, 0.2) is 12.3 Å². The molecule has 2 heterocycles. The molecule has 0 fully saturated rings. The Balaban J connectivity index is 2.11. The van der Waals surface area contributed by atoms with Crippen molar-refractivity contribution in [1.82, 2.24) is 15.2 Å². The lowest BCUT2D eigenvalue weighted by molar-refractivity contribution is 0.744. The Hall–Kier alpha value is -1.58. The fourth-order valence-electron chi connectivity index (χ4n) is 1.77. The van der Waals surface area contributed by atoms with Gasteiger partial charge in [-0.1, -0.05) is 19.8 Å². The van der Waals surface area contributed by atoms with Gasteiger partial charge in [-0.15, -0.1) is 0 Å². The van der Waals surface area contributed by atoms with Crippen molar-refractivity contribution in [3.8, 4) is 0 Å². The summed E-state index contributed by atoms with van der Waals surface area (Å²) in [7, 11) is 0. The normalized spacial score (nSPS) is 10.9. The van der Waals surface area contributed by atoms with Crippen LogP contribution < -0.4 is 5.32 Å². The number of rotatable bonds is 5. The van der Waals surface area contributed by atoms with Gasteiger partial charge in [0.15, 0.2) is 0 Å². The predicted molar refractivity (Wildman–Crippen MR) is 66.6 cm³/mol. The number of aromatic amines is 1. The molecule has 2 N–H and O–H groups in total. The Morgan fingerprint density at radius 2 is 2.19 bits per heavy atom. The van der Waals surface area contributed by atoms with Crippen LogP contribution in [0.5, 0.6) is 0 Å². The Kier molecular flexibility index (Phi) is 3.39. The lowest BCUT2D eigenvalue weighted by atomic mass is 10.2. The van der Waals surface area contributed by atoms with Crippen molar-refractivity contribution < 1.29 is 0 Å². The van der Waals surface area contributed by atoms with Crippen LogP contribution in [-0.4, -0.2) is 21.7 Å². The van der Waals surface area contributed by atoms with E-state index in [4.69, 9.17) is 0 Å². The molecule has 2 aromatic rings. The summed E-state index contributed by atoms with van der Waals surface area (Å²) in [4.78, 5) is 4.31. The summed E-state index contributed by atoms with van der Waals surface area (Å²) in [5.74, 6) is 0. The van der Waals surface area contributed by atoms with Gasteiger partial charge in [0.05, 0.1) is 11.4 Å². The Labute approximate surface area is 95.5 Å². The molecular formula is C12H18N4. The molecule has 2 aromatic heterocycles. The highest BCUT2D eigenvalue weighted by molar-refractivity contribution is 5.88. The number of aromatic nitrogens is 3. The molecule has 0 aliphatic rings. The predicted octanol–water partition coefficient (Wildman–Crippen LogP) is 2.87. The maximum Gasteiger partial charge on any atom is 0.134 e. The number of hydrogen-bond donors (Lipinski definition) is 2. The molecule has 4 nitrogen and oxygen atoms in total. The van der Waals surface area contributed by atoms with E-state index in [1.807, 2.05) is 19.2 Å². The molecule has 0 aliphatic heterocycles. The second-order valence-corrected chi connectivity index (χ2v) is 4.04. The highest BCUT2D eigenvalue weighted by Gasteiger charge is 2.06. The third-order valence-electron chi connectivity index (χ3n) is 2.71.